The van der Waals surface area contributed by atoms with Crippen molar-refractivity contribution in [3.05, 3.63) is 29.8 Å². The summed E-state index contributed by atoms with van der Waals surface area (Å²) in [5, 5.41) is 9.24. The average molecular weight is 224 g/mol. The maximum atomic E-state index is 11.6. The standard InChI is InChI=1S/C12H16O4/c1-3-16-12(14)10(8-13)9-6-4-5-7-11(9)15-2/h4-7,10,13H,3,8H2,1-2H3. The van der Waals surface area contributed by atoms with Crippen LogP contribution >= 0.6 is 0 Å². The number of hydrogen-bond donors (Lipinski definition) is 1. The molecule has 0 saturated carbocycles. The first-order chi connectivity index (χ1) is 7.74. The van der Waals surface area contributed by atoms with Crippen molar-refractivity contribution in [2.24, 2.45) is 0 Å². The van der Waals surface area contributed by atoms with Crippen molar-refractivity contribution in [3.8, 4) is 5.75 Å². The Hall–Kier alpha value is -1.55. The lowest BCUT2D eigenvalue weighted by atomic mass is 9.99. The minimum absolute atomic E-state index is 0.292. The molecule has 1 unspecified atom stereocenters. The lowest BCUT2D eigenvalue weighted by Gasteiger charge is -2.16. The molecular weight excluding hydrogens is 208 g/mol. The highest BCUT2D eigenvalue weighted by molar-refractivity contribution is 5.79. The number of para-hydroxylation sites is 1. The van der Waals surface area contributed by atoms with Gasteiger partial charge in [-0.2, -0.15) is 0 Å². The number of ether oxygens (including phenoxy) is 2. The van der Waals surface area contributed by atoms with Gasteiger partial charge in [0.25, 0.3) is 0 Å². The van der Waals surface area contributed by atoms with E-state index in [1.165, 1.54) is 7.11 Å². The fourth-order valence-corrected chi connectivity index (χ4v) is 1.50. The molecule has 1 atom stereocenters. The van der Waals surface area contributed by atoms with Crippen LogP contribution in [0.25, 0.3) is 0 Å². The Morgan fingerprint density at radius 2 is 2.12 bits per heavy atom. The minimum atomic E-state index is -0.684. The molecule has 1 rings (SSSR count). The fraction of sp³-hybridized carbons (Fsp3) is 0.417. The molecule has 1 N–H and O–H groups in total. The zero-order chi connectivity index (χ0) is 12.0. The summed E-state index contributed by atoms with van der Waals surface area (Å²) in [7, 11) is 1.53. The third kappa shape index (κ3) is 2.73. The van der Waals surface area contributed by atoms with Gasteiger partial charge in [0.1, 0.15) is 11.7 Å². The van der Waals surface area contributed by atoms with Gasteiger partial charge >= 0.3 is 5.97 Å². The molecule has 0 fully saturated rings. The molecule has 0 amide bonds. The Labute approximate surface area is 94.8 Å². The quantitative estimate of drug-likeness (QED) is 0.767. The first-order valence-corrected chi connectivity index (χ1v) is 5.15. The number of hydrogen-bond acceptors (Lipinski definition) is 4. The average Bonchev–Trinajstić information content (AvgIpc) is 2.31. The lowest BCUT2D eigenvalue weighted by molar-refractivity contribution is -0.145. The van der Waals surface area contributed by atoms with Gasteiger partial charge in [0.15, 0.2) is 0 Å². The van der Waals surface area contributed by atoms with Gasteiger partial charge in [-0.15, -0.1) is 0 Å². The molecule has 0 aliphatic carbocycles. The fourth-order valence-electron chi connectivity index (χ4n) is 1.50. The molecule has 0 aromatic heterocycles. The van der Waals surface area contributed by atoms with Crippen molar-refractivity contribution in [2.75, 3.05) is 20.3 Å². The predicted octanol–water partition coefficient (Wildman–Crippen LogP) is 1.33. The number of carbonyl (C=O) groups is 1. The van der Waals surface area contributed by atoms with Gasteiger partial charge in [-0.25, -0.2) is 0 Å². The summed E-state index contributed by atoms with van der Waals surface area (Å²) >= 11 is 0. The summed E-state index contributed by atoms with van der Waals surface area (Å²) in [6, 6.07) is 7.09. The Bertz CT molecular complexity index is 349. The molecule has 0 spiro atoms. The number of esters is 1. The van der Waals surface area contributed by atoms with Crippen LogP contribution in [-0.4, -0.2) is 31.4 Å². The first kappa shape index (κ1) is 12.5. The lowest BCUT2D eigenvalue weighted by Crippen LogP contribution is -2.19. The highest BCUT2D eigenvalue weighted by Gasteiger charge is 2.23. The van der Waals surface area contributed by atoms with Crippen LogP contribution in [-0.2, 0) is 9.53 Å². The highest BCUT2D eigenvalue weighted by atomic mass is 16.5. The summed E-state index contributed by atoms with van der Waals surface area (Å²) in [6.07, 6.45) is 0. The monoisotopic (exact) mass is 224 g/mol. The van der Waals surface area contributed by atoms with Crippen LogP contribution in [0.4, 0.5) is 0 Å². The van der Waals surface area contributed by atoms with Gasteiger partial charge in [-0.05, 0) is 13.0 Å². The molecule has 0 saturated heterocycles. The maximum Gasteiger partial charge on any atom is 0.315 e. The largest absolute Gasteiger partial charge is 0.496 e. The van der Waals surface area contributed by atoms with E-state index in [4.69, 9.17) is 9.47 Å². The van der Waals surface area contributed by atoms with Crippen LogP contribution in [0.3, 0.4) is 0 Å². The van der Waals surface area contributed by atoms with E-state index in [1.54, 1.807) is 25.1 Å². The Morgan fingerprint density at radius 1 is 1.44 bits per heavy atom. The van der Waals surface area contributed by atoms with E-state index in [9.17, 15) is 9.90 Å². The van der Waals surface area contributed by atoms with Gasteiger partial charge in [-0.3, -0.25) is 4.79 Å². The number of aliphatic hydroxyl groups is 1. The van der Waals surface area contributed by atoms with Gasteiger partial charge in [-0.1, -0.05) is 18.2 Å². The van der Waals surface area contributed by atoms with Crippen LogP contribution in [0.2, 0.25) is 0 Å². The zero-order valence-electron chi connectivity index (χ0n) is 9.47. The second-order valence-electron chi connectivity index (χ2n) is 3.23. The third-order valence-electron chi connectivity index (χ3n) is 2.27. The Balaban J connectivity index is 2.98. The molecule has 4 heteroatoms. The van der Waals surface area contributed by atoms with Gasteiger partial charge < -0.3 is 14.6 Å². The van der Waals surface area contributed by atoms with E-state index in [0.717, 1.165) is 0 Å². The molecule has 0 aliphatic heterocycles. The van der Waals surface area contributed by atoms with E-state index < -0.39 is 11.9 Å². The first-order valence-electron chi connectivity index (χ1n) is 5.15. The summed E-state index contributed by atoms with van der Waals surface area (Å²) in [5.74, 6) is -0.541. The van der Waals surface area contributed by atoms with Gasteiger partial charge in [0, 0.05) is 5.56 Å². The van der Waals surface area contributed by atoms with Crippen molar-refractivity contribution in [3.63, 3.8) is 0 Å². The number of rotatable bonds is 5. The maximum absolute atomic E-state index is 11.6. The molecule has 0 heterocycles. The van der Waals surface area contributed by atoms with Crippen molar-refractivity contribution in [1.29, 1.82) is 0 Å². The molecule has 16 heavy (non-hydrogen) atoms. The summed E-state index contributed by atoms with van der Waals surface area (Å²) in [4.78, 5) is 11.6. The Kier molecular flexibility index (Phi) is 4.79. The van der Waals surface area contributed by atoms with E-state index in [0.29, 0.717) is 17.9 Å². The third-order valence-corrected chi connectivity index (χ3v) is 2.27. The molecule has 0 radical (unpaired) electrons. The van der Waals surface area contributed by atoms with Crippen molar-refractivity contribution in [2.45, 2.75) is 12.8 Å². The summed E-state index contributed by atoms with van der Waals surface area (Å²) < 4.78 is 10.0. The molecule has 0 aliphatic rings. The van der Waals surface area contributed by atoms with Crippen molar-refractivity contribution >= 4 is 5.97 Å². The van der Waals surface area contributed by atoms with Crippen molar-refractivity contribution < 1.29 is 19.4 Å². The molecule has 1 aromatic carbocycles. The van der Waals surface area contributed by atoms with Crippen molar-refractivity contribution in [1.82, 2.24) is 0 Å². The number of carbonyl (C=O) groups excluding carboxylic acids is 1. The highest BCUT2D eigenvalue weighted by Crippen LogP contribution is 2.26. The molecule has 0 bridgehead atoms. The number of aliphatic hydroxyl groups excluding tert-OH is 1. The van der Waals surface area contributed by atoms with Gasteiger partial charge in [0.2, 0.25) is 0 Å². The topological polar surface area (TPSA) is 55.8 Å². The van der Waals surface area contributed by atoms with Crippen LogP contribution in [0, 0.1) is 0 Å². The minimum Gasteiger partial charge on any atom is -0.496 e. The van der Waals surface area contributed by atoms with E-state index in [2.05, 4.69) is 0 Å². The predicted molar refractivity (Wildman–Crippen MR) is 59.5 cm³/mol. The molecule has 1 aromatic rings. The van der Waals surface area contributed by atoms with E-state index in [-0.39, 0.29) is 6.61 Å². The van der Waals surface area contributed by atoms with Crippen LogP contribution < -0.4 is 4.74 Å². The number of methoxy groups -OCH3 is 1. The van der Waals surface area contributed by atoms with E-state index in [1.807, 2.05) is 6.07 Å². The van der Waals surface area contributed by atoms with Crippen LogP contribution in [0.5, 0.6) is 5.75 Å². The molecule has 4 nitrogen and oxygen atoms in total. The molecular formula is C12H16O4. The second kappa shape index (κ2) is 6.12. The van der Waals surface area contributed by atoms with Crippen LogP contribution in [0.1, 0.15) is 18.4 Å². The zero-order valence-corrected chi connectivity index (χ0v) is 9.47. The summed E-state index contributed by atoms with van der Waals surface area (Å²) in [6.45, 7) is 1.73. The van der Waals surface area contributed by atoms with Crippen LogP contribution in [0.15, 0.2) is 24.3 Å². The molecule has 88 valence electrons. The van der Waals surface area contributed by atoms with Gasteiger partial charge in [0.05, 0.1) is 20.3 Å². The van der Waals surface area contributed by atoms with E-state index >= 15 is 0 Å². The smallest absolute Gasteiger partial charge is 0.315 e. The summed E-state index contributed by atoms with van der Waals surface area (Å²) in [5.41, 5.74) is 0.644. The second-order valence-corrected chi connectivity index (χ2v) is 3.23. The number of benzene rings is 1. The Morgan fingerprint density at radius 3 is 2.69 bits per heavy atom. The normalized spacial score (nSPS) is 11.9. The SMILES string of the molecule is CCOC(=O)C(CO)c1ccccc1OC.